The Labute approximate surface area is 298 Å². The Bertz CT molecular complexity index is 1680. The summed E-state index contributed by atoms with van der Waals surface area (Å²) in [7, 11) is -1.62. The van der Waals surface area contributed by atoms with E-state index in [1.807, 2.05) is 39.8 Å². The molecular weight excluding hydrogens is 679 g/mol. The minimum atomic E-state index is -1.62. The molecule has 1 N–H and O–H groups in total. The van der Waals surface area contributed by atoms with E-state index in [0.29, 0.717) is 6.42 Å². The first kappa shape index (κ1) is 37.2. The molecule has 10 nitrogen and oxygen atoms in total. The molecule has 0 amide bonds. The number of aldehydes is 1. The number of carbonyl (C=O) groups excluding carboxylic acids is 4. The lowest BCUT2D eigenvalue weighted by Crippen LogP contribution is -2.66. The number of carbonyl (C=O) groups is 4. The number of hydrogen-bond acceptors (Lipinski definition) is 10. The average Bonchev–Trinajstić information content (AvgIpc) is 3.12. The molecule has 2 bridgehead atoms. The largest absolute Gasteiger partial charge is 0.452 e. The summed E-state index contributed by atoms with van der Waals surface area (Å²) in [6.07, 6.45) is -0.368. The van der Waals surface area contributed by atoms with Crippen LogP contribution in [0.25, 0.3) is 0 Å². The van der Waals surface area contributed by atoms with Gasteiger partial charge in [0, 0.05) is 0 Å². The van der Waals surface area contributed by atoms with E-state index in [1.54, 1.807) is 91.0 Å². The molecule has 0 saturated carbocycles. The maximum absolute atomic E-state index is 13.8. The number of thioether (sulfide) groups is 1. The van der Waals surface area contributed by atoms with Gasteiger partial charge in [0.15, 0.2) is 18.3 Å². The molecule has 3 aromatic carbocycles. The molecule has 3 aromatic rings. The van der Waals surface area contributed by atoms with E-state index in [-0.39, 0.29) is 22.6 Å². The predicted octanol–water partition coefficient (Wildman–Crippen LogP) is 5.71. The number of esters is 3. The second kappa shape index (κ2) is 16.7. The van der Waals surface area contributed by atoms with Crippen molar-refractivity contribution in [2.24, 2.45) is 5.92 Å². The summed E-state index contributed by atoms with van der Waals surface area (Å²) in [6, 6.07) is 24.1. The van der Waals surface area contributed by atoms with Crippen molar-refractivity contribution in [2.75, 3.05) is 0 Å². The third-order valence-electron chi connectivity index (χ3n) is 8.28. The zero-order chi connectivity index (χ0) is 35.8. The fourth-order valence-electron chi connectivity index (χ4n) is 5.56. The lowest BCUT2D eigenvalue weighted by Gasteiger charge is -2.48. The van der Waals surface area contributed by atoms with Gasteiger partial charge in [-0.2, -0.15) is 0 Å². The second-order valence-corrected chi connectivity index (χ2v) is 16.4. The highest BCUT2D eigenvalue weighted by molar-refractivity contribution is 8.01. The molecule has 2 aliphatic rings. The Balaban J connectivity index is 1.67. The van der Waals surface area contributed by atoms with Crippen molar-refractivity contribution in [3.63, 3.8) is 0 Å². The highest BCUT2D eigenvalue weighted by Gasteiger charge is 2.56. The molecule has 0 aliphatic carbocycles. The summed E-state index contributed by atoms with van der Waals surface area (Å²) in [5.74, 6) is -2.60. The Hall–Kier alpha value is -4.10. The minimum absolute atomic E-state index is 0.215. The molecule has 0 unspecified atom stereocenters. The van der Waals surface area contributed by atoms with E-state index in [2.05, 4.69) is 4.72 Å². The number of ether oxygens (including phenoxy) is 4. The minimum Gasteiger partial charge on any atom is -0.452 e. The van der Waals surface area contributed by atoms with Crippen LogP contribution >= 0.6 is 11.8 Å². The molecule has 12 heteroatoms. The standard InChI is InChI=1S/C38H41NO9S2/c1-24-15-14-22-28(23-40)49-37-33(47-36(43)27-20-12-7-13-21-27)32(46-35(42)26-18-10-6-11-19-26)31(45-34(41)25-16-8-5-9-17-25)30(48-37)29(24)39-50(44)38(2,3)4/h5-21,23-24,28-33,37,39H,22H2,1-4H3/b15-14-/t24-,28+,29-,30-,31+,32+,33-,37-,50-/m1/s1. The van der Waals surface area contributed by atoms with Gasteiger partial charge in [-0.3, -0.25) is 0 Å². The SMILES string of the molecule is C[C@@H]1/C=C\C[C@@H](C=O)S[C@H]2O[C@H]([C@@H]1N[S@](=O)C(C)(C)C)[C@H](OC(=O)c1ccccc1)[C@H](OC(=O)c1ccccc1)[C@H]2OC(=O)c1ccccc1. The molecule has 50 heavy (non-hydrogen) atoms. The highest BCUT2D eigenvalue weighted by Crippen LogP contribution is 2.40. The normalized spacial score (nSPS) is 27.9. The number of allylic oxidation sites excluding steroid dienone is 1. The van der Waals surface area contributed by atoms with Crippen LogP contribution < -0.4 is 4.72 Å². The van der Waals surface area contributed by atoms with E-state index in [0.717, 1.165) is 18.0 Å². The fraction of sp³-hybridized carbons (Fsp3) is 0.368. The quantitative estimate of drug-likeness (QED) is 0.127. The van der Waals surface area contributed by atoms with Crippen LogP contribution in [0.15, 0.2) is 103 Å². The number of benzene rings is 3. The van der Waals surface area contributed by atoms with Gasteiger partial charge in [-0.15, -0.1) is 11.8 Å². The van der Waals surface area contributed by atoms with Gasteiger partial charge in [-0.25, -0.2) is 23.3 Å². The molecule has 2 aliphatic heterocycles. The highest BCUT2D eigenvalue weighted by atomic mass is 32.2. The van der Waals surface area contributed by atoms with E-state index in [1.165, 1.54) is 0 Å². The average molecular weight is 720 g/mol. The van der Waals surface area contributed by atoms with Crippen LogP contribution in [0.5, 0.6) is 0 Å². The summed E-state index contributed by atoms with van der Waals surface area (Å²) in [6.45, 7) is 7.35. The summed E-state index contributed by atoms with van der Waals surface area (Å²) >= 11 is 1.11. The van der Waals surface area contributed by atoms with Gasteiger partial charge >= 0.3 is 17.9 Å². The van der Waals surface area contributed by atoms with Crippen LogP contribution in [0.4, 0.5) is 0 Å². The van der Waals surface area contributed by atoms with Crippen molar-refractivity contribution in [3.8, 4) is 0 Å². The van der Waals surface area contributed by atoms with Crippen LogP contribution in [-0.2, 0) is 34.7 Å². The predicted molar refractivity (Wildman–Crippen MR) is 191 cm³/mol. The number of hydrogen-bond donors (Lipinski definition) is 1. The van der Waals surface area contributed by atoms with Crippen LogP contribution in [0.3, 0.4) is 0 Å². The molecule has 0 radical (unpaired) electrons. The summed E-state index contributed by atoms with van der Waals surface area (Å²) < 4.78 is 41.5. The first-order chi connectivity index (χ1) is 24.0. The molecule has 264 valence electrons. The van der Waals surface area contributed by atoms with Crippen molar-refractivity contribution in [2.45, 2.75) is 80.0 Å². The first-order valence-corrected chi connectivity index (χ1v) is 18.4. The van der Waals surface area contributed by atoms with Crippen molar-refractivity contribution >= 4 is 46.9 Å². The topological polar surface area (TPSA) is 134 Å². The van der Waals surface area contributed by atoms with E-state index in [4.69, 9.17) is 18.9 Å². The third-order valence-corrected chi connectivity index (χ3v) is 11.2. The van der Waals surface area contributed by atoms with Gasteiger partial charge in [0.05, 0.1) is 43.7 Å². The van der Waals surface area contributed by atoms with Crippen LogP contribution in [0, 0.1) is 5.92 Å². The number of fused-ring (bicyclic) bond motifs is 2. The summed E-state index contributed by atoms with van der Waals surface area (Å²) in [5, 5.41) is -0.621. The third kappa shape index (κ3) is 9.16. The Morgan fingerprint density at radius 2 is 1.24 bits per heavy atom. The van der Waals surface area contributed by atoms with Crippen LogP contribution in [0.2, 0.25) is 0 Å². The zero-order valence-electron chi connectivity index (χ0n) is 28.2. The van der Waals surface area contributed by atoms with Gasteiger partial charge in [0.2, 0.25) is 0 Å². The maximum atomic E-state index is 13.8. The van der Waals surface area contributed by atoms with E-state index >= 15 is 0 Å². The van der Waals surface area contributed by atoms with Crippen molar-refractivity contribution in [1.29, 1.82) is 0 Å². The van der Waals surface area contributed by atoms with Gasteiger partial charge < -0.3 is 23.7 Å². The molecule has 0 spiro atoms. The molecule has 9 atom stereocenters. The first-order valence-electron chi connectivity index (χ1n) is 16.3. The smallest absolute Gasteiger partial charge is 0.338 e. The number of rotatable bonds is 9. The summed E-state index contributed by atoms with van der Waals surface area (Å²) in [4.78, 5) is 53.6. The van der Waals surface area contributed by atoms with Gasteiger partial charge in [0.1, 0.15) is 17.8 Å². The van der Waals surface area contributed by atoms with Crippen molar-refractivity contribution in [3.05, 3.63) is 120 Å². The Morgan fingerprint density at radius 3 is 1.70 bits per heavy atom. The maximum Gasteiger partial charge on any atom is 0.338 e. The number of nitrogens with one attached hydrogen (secondary N) is 1. The zero-order valence-corrected chi connectivity index (χ0v) is 29.8. The van der Waals surface area contributed by atoms with Gasteiger partial charge in [0.25, 0.3) is 0 Å². The van der Waals surface area contributed by atoms with Crippen molar-refractivity contribution < 1.29 is 42.3 Å². The monoisotopic (exact) mass is 719 g/mol. The van der Waals surface area contributed by atoms with Gasteiger partial charge in [-0.1, -0.05) is 73.7 Å². The fourth-order valence-corrected chi connectivity index (χ4v) is 7.70. The van der Waals surface area contributed by atoms with Crippen LogP contribution in [0.1, 0.15) is 65.2 Å². The van der Waals surface area contributed by atoms with Crippen LogP contribution in [-0.4, -0.2) is 74.3 Å². The second-order valence-electron chi connectivity index (χ2n) is 13.0. The van der Waals surface area contributed by atoms with Crippen molar-refractivity contribution in [1.82, 2.24) is 4.72 Å². The van der Waals surface area contributed by atoms with E-state index in [9.17, 15) is 23.4 Å². The summed E-state index contributed by atoms with van der Waals surface area (Å²) in [5.41, 5.74) is -0.400. The van der Waals surface area contributed by atoms with E-state index < -0.39 is 74.8 Å². The Morgan fingerprint density at radius 1 is 0.780 bits per heavy atom. The molecular formula is C38H41NO9S2. The molecule has 1 fully saturated rings. The molecule has 5 rings (SSSR count). The molecule has 1 saturated heterocycles. The molecule has 2 heterocycles. The Kier molecular flexibility index (Phi) is 12.4. The van der Waals surface area contributed by atoms with Gasteiger partial charge in [-0.05, 0) is 69.5 Å². The lowest BCUT2D eigenvalue weighted by molar-refractivity contribution is -0.207. The molecule has 0 aromatic heterocycles. The lowest BCUT2D eigenvalue weighted by atomic mass is 9.87.